The van der Waals surface area contributed by atoms with Crippen molar-refractivity contribution in [2.75, 3.05) is 24.6 Å². The zero-order valence-electron chi connectivity index (χ0n) is 12.6. The molecule has 3 aliphatic rings. The van der Waals surface area contributed by atoms with E-state index < -0.39 is 10.2 Å². The number of nitrogens with zero attached hydrogens (tertiary/aromatic N) is 2. The summed E-state index contributed by atoms with van der Waals surface area (Å²) in [5, 5.41) is 0. The maximum Gasteiger partial charge on any atom is 0.282 e. The van der Waals surface area contributed by atoms with Gasteiger partial charge in [-0.15, -0.1) is 0 Å². The van der Waals surface area contributed by atoms with Gasteiger partial charge in [0.05, 0.1) is 6.04 Å². The Morgan fingerprint density at radius 3 is 2.59 bits per heavy atom. The molecule has 4 rings (SSSR count). The van der Waals surface area contributed by atoms with Crippen LogP contribution in [0.15, 0.2) is 30.3 Å². The van der Waals surface area contributed by atoms with E-state index in [1.165, 1.54) is 6.42 Å². The average molecular weight is 338 g/mol. The Balaban J connectivity index is 1.64. The highest BCUT2D eigenvalue weighted by Gasteiger charge is 2.47. The Labute approximate surface area is 137 Å². The highest BCUT2D eigenvalue weighted by Crippen LogP contribution is 2.42. The second-order valence-corrected chi connectivity index (χ2v) is 9.51. The normalized spacial score (nSPS) is 33.4. The summed E-state index contributed by atoms with van der Waals surface area (Å²) in [6.45, 7) is 1.36. The molecule has 4 nitrogen and oxygen atoms in total. The van der Waals surface area contributed by atoms with E-state index in [9.17, 15) is 8.42 Å². The van der Waals surface area contributed by atoms with Gasteiger partial charge < -0.3 is 0 Å². The van der Waals surface area contributed by atoms with E-state index >= 15 is 0 Å². The number of fused-ring (bicyclic) bond motifs is 2. The summed E-state index contributed by atoms with van der Waals surface area (Å²) in [6.07, 6.45) is 3.31. The second kappa shape index (κ2) is 5.82. The van der Waals surface area contributed by atoms with Gasteiger partial charge in [-0.05, 0) is 30.7 Å². The van der Waals surface area contributed by atoms with E-state index in [1.54, 1.807) is 8.61 Å². The van der Waals surface area contributed by atoms with Crippen LogP contribution in [0.4, 0.5) is 0 Å². The van der Waals surface area contributed by atoms with Gasteiger partial charge in [0.15, 0.2) is 0 Å². The molecule has 1 aromatic carbocycles. The summed E-state index contributed by atoms with van der Waals surface area (Å²) in [5.41, 5.74) is 1.11. The van der Waals surface area contributed by atoms with Gasteiger partial charge in [0.25, 0.3) is 10.2 Å². The van der Waals surface area contributed by atoms with Gasteiger partial charge in [0.1, 0.15) is 0 Å². The standard InChI is InChI=1S/C16H22N2O2S2/c19-22(20,18-11-13-6-7-15(18)10-13)17-8-9-21-12-16(17)14-4-2-1-3-5-14/h1-5,13,15-16H,6-12H2/t13-,15-,16-/m0/s1. The highest BCUT2D eigenvalue weighted by molar-refractivity contribution is 7.99. The number of benzene rings is 1. The Morgan fingerprint density at radius 2 is 1.91 bits per heavy atom. The minimum atomic E-state index is -3.34. The quantitative estimate of drug-likeness (QED) is 0.850. The van der Waals surface area contributed by atoms with Crippen LogP contribution < -0.4 is 0 Å². The highest BCUT2D eigenvalue weighted by atomic mass is 32.2. The summed E-state index contributed by atoms with van der Waals surface area (Å²) < 4.78 is 30.0. The fourth-order valence-electron chi connectivity index (χ4n) is 4.10. The smallest absolute Gasteiger partial charge is 0.195 e. The average Bonchev–Trinajstić information content (AvgIpc) is 3.19. The van der Waals surface area contributed by atoms with Crippen LogP contribution in [0.25, 0.3) is 0 Å². The molecule has 0 aromatic heterocycles. The summed E-state index contributed by atoms with van der Waals surface area (Å²) >= 11 is 1.85. The first-order valence-corrected chi connectivity index (χ1v) is 10.6. The molecule has 120 valence electrons. The fourth-order valence-corrected chi connectivity index (χ4v) is 7.47. The van der Waals surface area contributed by atoms with Gasteiger partial charge in [-0.1, -0.05) is 30.3 Å². The van der Waals surface area contributed by atoms with Crippen LogP contribution in [0, 0.1) is 5.92 Å². The minimum Gasteiger partial charge on any atom is -0.195 e. The molecule has 3 fully saturated rings. The molecule has 22 heavy (non-hydrogen) atoms. The molecule has 0 radical (unpaired) electrons. The van der Waals surface area contributed by atoms with Crippen molar-refractivity contribution in [3.63, 3.8) is 0 Å². The summed E-state index contributed by atoms with van der Waals surface area (Å²) in [7, 11) is -3.34. The van der Waals surface area contributed by atoms with E-state index in [-0.39, 0.29) is 12.1 Å². The van der Waals surface area contributed by atoms with Crippen LogP contribution in [-0.4, -0.2) is 47.7 Å². The number of hydrogen-bond acceptors (Lipinski definition) is 3. The van der Waals surface area contributed by atoms with E-state index in [0.717, 1.165) is 36.5 Å². The Kier molecular flexibility index (Phi) is 3.97. The van der Waals surface area contributed by atoms with E-state index in [2.05, 4.69) is 12.1 Å². The topological polar surface area (TPSA) is 40.6 Å². The summed E-state index contributed by atoms with van der Waals surface area (Å²) in [5.74, 6) is 2.34. The Morgan fingerprint density at radius 1 is 1.09 bits per heavy atom. The molecule has 6 heteroatoms. The number of rotatable bonds is 3. The van der Waals surface area contributed by atoms with Crippen LogP contribution >= 0.6 is 11.8 Å². The molecule has 2 saturated heterocycles. The molecular formula is C16H22N2O2S2. The van der Waals surface area contributed by atoms with Crippen LogP contribution in [-0.2, 0) is 10.2 Å². The lowest BCUT2D eigenvalue weighted by atomic mass is 10.1. The molecule has 0 N–H and O–H groups in total. The third-order valence-electron chi connectivity index (χ3n) is 5.22. The molecule has 3 atom stereocenters. The van der Waals surface area contributed by atoms with Crippen LogP contribution in [0.5, 0.6) is 0 Å². The first-order chi connectivity index (χ1) is 10.7. The maximum absolute atomic E-state index is 13.2. The van der Waals surface area contributed by atoms with Crippen molar-refractivity contribution in [1.82, 2.24) is 8.61 Å². The fraction of sp³-hybridized carbons (Fsp3) is 0.625. The van der Waals surface area contributed by atoms with Crippen molar-refractivity contribution in [1.29, 1.82) is 0 Å². The van der Waals surface area contributed by atoms with E-state index in [4.69, 9.17) is 0 Å². The lowest BCUT2D eigenvalue weighted by Gasteiger charge is -2.39. The largest absolute Gasteiger partial charge is 0.282 e. The first kappa shape index (κ1) is 15.0. The molecule has 2 aliphatic heterocycles. The predicted octanol–water partition coefficient (Wildman–Crippen LogP) is 2.51. The van der Waals surface area contributed by atoms with Crippen molar-refractivity contribution in [2.45, 2.75) is 31.3 Å². The van der Waals surface area contributed by atoms with Crippen LogP contribution in [0.2, 0.25) is 0 Å². The lowest BCUT2D eigenvalue weighted by Crippen LogP contribution is -2.50. The van der Waals surface area contributed by atoms with Gasteiger partial charge >= 0.3 is 0 Å². The van der Waals surface area contributed by atoms with E-state index in [1.807, 2.05) is 30.0 Å². The van der Waals surface area contributed by atoms with Crippen molar-refractivity contribution in [3.05, 3.63) is 35.9 Å². The van der Waals surface area contributed by atoms with Gasteiger partial charge in [-0.3, -0.25) is 0 Å². The third-order valence-corrected chi connectivity index (χ3v) is 8.31. The van der Waals surface area contributed by atoms with Crippen molar-refractivity contribution >= 4 is 22.0 Å². The number of hydrogen-bond donors (Lipinski definition) is 0. The molecule has 2 bridgehead atoms. The molecule has 0 spiro atoms. The molecule has 0 unspecified atom stereocenters. The van der Waals surface area contributed by atoms with Crippen molar-refractivity contribution < 1.29 is 8.42 Å². The van der Waals surface area contributed by atoms with Crippen LogP contribution in [0.3, 0.4) is 0 Å². The zero-order valence-corrected chi connectivity index (χ0v) is 14.2. The second-order valence-electron chi connectivity index (χ2n) is 6.52. The molecular weight excluding hydrogens is 316 g/mol. The third kappa shape index (κ3) is 2.50. The molecule has 0 amide bonds. The first-order valence-electron chi connectivity index (χ1n) is 8.07. The number of piperidine rings is 1. The lowest BCUT2D eigenvalue weighted by molar-refractivity contribution is 0.273. The Bertz CT molecular complexity index is 635. The summed E-state index contributed by atoms with van der Waals surface area (Å²) in [6, 6.07) is 10.3. The SMILES string of the molecule is O=S(=O)(N1C[C@H]2CC[C@H]1C2)N1CCSC[C@H]1c1ccccc1. The van der Waals surface area contributed by atoms with Gasteiger partial charge in [-0.25, -0.2) is 0 Å². The van der Waals surface area contributed by atoms with Crippen molar-refractivity contribution in [2.24, 2.45) is 5.92 Å². The van der Waals surface area contributed by atoms with Gasteiger partial charge in [0.2, 0.25) is 0 Å². The molecule has 1 aliphatic carbocycles. The predicted molar refractivity (Wildman–Crippen MR) is 90.0 cm³/mol. The maximum atomic E-state index is 13.2. The summed E-state index contributed by atoms with van der Waals surface area (Å²) in [4.78, 5) is 0. The molecule has 1 saturated carbocycles. The Hall–Kier alpha value is -0.560. The van der Waals surface area contributed by atoms with E-state index in [0.29, 0.717) is 12.5 Å². The van der Waals surface area contributed by atoms with Crippen molar-refractivity contribution in [3.8, 4) is 0 Å². The van der Waals surface area contributed by atoms with Gasteiger partial charge in [-0.2, -0.15) is 28.8 Å². The molecule has 2 heterocycles. The molecule has 1 aromatic rings. The van der Waals surface area contributed by atoms with Crippen LogP contribution in [0.1, 0.15) is 30.9 Å². The van der Waals surface area contributed by atoms with Gasteiger partial charge in [0, 0.05) is 30.6 Å². The zero-order chi connectivity index (χ0) is 15.2. The minimum absolute atomic E-state index is 0.0240. The number of thioether (sulfide) groups is 1. The monoisotopic (exact) mass is 338 g/mol.